The van der Waals surface area contributed by atoms with Gasteiger partial charge in [0.25, 0.3) is 5.91 Å². The van der Waals surface area contributed by atoms with Gasteiger partial charge in [0, 0.05) is 24.1 Å². The van der Waals surface area contributed by atoms with Gasteiger partial charge in [-0.25, -0.2) is 13.4 Å². The van der Waals surface area contributed by atoms with Crippen molar-refractivity contribution in [2.45, 2.75) is 30.2 Å². The number of hydrogen-bond donors (Lipinski definition) is 1. The Hall–Kier alpha value is -1.87. The minimum absolute atomic E-state index is 0.000303. The SMILES string of the molecule is Cc1cc(CSc2ncccc2C(=O)N[C@@H]2CCS(=O)(=O)C2)no1. The van der Waals surface area contributed by atoms with Crippen LogP contribution < -0.4 is 5.32 Å². The van der Waals surface area contributed by atoms with Gasteiger partial charge in [0.1, 0.15) is 10.8 Å². The van der Waals surface area contributed by atoms with Crippen molar-refractivity contribution in [1.82, 2.24) is 15.5 Å². The number of aromatic nitrogens is 2. The molecule has 1 amide bonds. The highest BCUT2D eigenvalue weighted by molar-refractivity contribution is 7.98. The number of hydrogen-bond acceptors (Lipinski definition) is 7. The van der Waals surface area contributed by atoms with Crippen molar-refractivity contribution >= 4 is 27.5 Å². The van der Waals surface area contributed by atoms with E-state index in [9.17, 15) is 13.2 Å². The van der Waals surface area contributed by atoms with Crippen LogP contribution in [0.15, 0.2) is 33.9 Å². The Kier molecular flexibility index (Phi) is 4.91. The second kappa shape index (κ2) is 6.94. The first-order valence-electron chi connectivity index (χ1n) is 7.44. The molecule has 0 saturated carbocycles. The fraction of sp³-hybridized carbons (Fsp3) is 0.400. The average Bonchev–Trinajstić information content (AvgIpc) is 3.10. The normalized spacial score (nSPS) is 19.3. The number of carbonyl (C=O) groups is 1. The average molecular weight is 367 g/mol. The van der Waals surface area contributed by atoms with Crippen molar-refractivity contribution in [1.29, 1.82) is 0 Å². The molecule has 1 aliphatic rings. The van der Waals surface area contributed by atoms with E-state index in [1.807, 2.05) is 13.0 Å². The Bertz CT molecular complexity index is 848. The number of pyridine rings is 1. The summed E-state index contributed by atoms with van der Waals surface area (Å²) in [5.74, 6) is 1.08. The van der Waals surface area contributed by atoms with Crippen molar-refractivity contribution in [3.8, 4) is 0 Å². The van der Waals surface area contributed by atoms with E-state index in [4.69, 9.17) is 4.52 Å². The summed E-state index contributed by atoms with van der Waals surface area (Å²) in [5.41, 5.74) is 1.21. The van der Waals surface area contributed by atoms with E-state index in [-0.39, 0.29) is 23.5 Å². The van der Waals surface area contributed by atoms with Crippen LogP contribution in [-0.2, 0) is 15.6 Å². The zero-order chi connectivity index (χ0) is 17.2. The molecule has 0 bridgehead atoms. The van der Waals surface area contributed by atoms with Gasteiger partial charge >= 0.3 is 0 Å². The minimum atomic E-state index is -3.03. The summed E-state index contributed by atoms with van der Waals surface area (Å²) in [6, 6.07) is 4.87. The van der Waals surface area contributed by atoms with Gasteiger partial charge in [0.05, 0.1) is 22.8 Å². The summed E-state index contributed by atoms with van der Waals surface area (Å²) in [6.45, 7) is 1.82. The number of aryl methyl sites for hydroxylation is 1. The largest absolute Gasteiger partial charge is 0.361 e. The summed E-state index contributed by atoms with van der Waals surface area (Å²) >= 11 is 1.39. The van der Waals surface area contributed by atoms with Crippen LogP contribution in [0.4, 0.5) is 0 Å². The van der Waals surface area contributed by atoms with E-state index in [1.165, 1.54) is 11.8 Å². The zero-order valence-corrected chi connectivity index (χ0v) is 14.7. The molecule has 0 aromatic carbocycles. The van der Waals surface area contributed by atoms with Crippen LogP contribution in [0.3, 0.4) is 0 Å². The van der Waals surface area contributed by atoms with Crippen LogP contribution in [-0.4, -0.2) is 42.0 Å². The summed E-state index contributed by atoms with van der Waals surface area (Å²) in [6.07, 6.45) is 2.07. The molecular weight excluding hydrogens is 350 g/mol. The smallest absolute Gasteiger partial charge is 0.254 e. The second-order valence-corrected chi connectivity index (χ2v) is 8.84. The highest BCUT2D eigenvalue weighted by Crippen LogP contribution is 2.24. The molecule has 0 aliphatic carbocycles. The van der Waals surface area contributed by atoms with Gasteiger partial charge in [-0.05, 0) is 25.5 Å². The molecule has 0 unspecified atom stereocenters. The number of carbonyl (C=O) groups excluding carboxylic acids is 1. The molecular formula is C15H17N3O4S2. The van der Waals surface area contributed by atoms with Crippen molar-refractivity contribution in [3.05, 3.63) is 41.4 Å². The lowest BCUT2D eigenvalue weighted by atomic mass is 10.2. The predicted octanol–water partition coefficient (Wildman–Crippen LogP) is 1.59. The molecule has 0 radical (unpaired) electrons. The number of nitrogens with zero attached hydrogens (tertiary/aromatic N) is 2. The third-order valence-corrected chi connectivity index (χ3v) is 6.42. The molecule has 3 rings (SSSR count). The fourth-order valence-electron chi connectivity index (χ4n) is 2.48. The van der Waals surface area contributed by atoms with Crippen molar-refractivity contribution in [2.24, 2.45) is 0 Å². The Morgan fingerprint density at radius 1 is 1.50 bits per heavy atom. The maximum Gasteiger partial charge on any atom is 0.254 e. The Morgan fingerprint density at radius 3 is 3.00 bits per heavy atom. The Morgan fingerprint density at radius 2 is 2.33 bits per heavy atom. The topological polar surface area (TPSA) is 102 Å². The van der Waals surface area contributed by atoms with Gasteiger partial charge in [-0.3, -0.25) is 4.79 Å². The molecule has 128 valence electrons. The molecule has 7 nitrogen and oxygen atoms in total. The molecule has 9 heteroatoms. The molecule has 24 heavy (non-hydrogen) atoms. The van der Waals surface area contributed by atoms with E-state index in [1.54, 1.807) is 18.3 Å². The summed E-state index contributed by atoms with van der Waals surface area (Å²) < 4.78 is 28.0. The molecule has 1 atom stereocenters. The number of thioether (sulfide) groups is 1. The van der Waals surface area contributed by atoms with Gasteiger partial charge in [-0.15, -0.1) is 0 Å². The van der Waals surface area contributed by atoms with Gasteiger partial charge in [0.2, 0.25) is 0 Å². The molecule has 3 heterocycles. The van der Waals surface area contributed by atoms with Crippen LogP contribution in [0.2, 0.25) is 0 Å². The number of sulfone groups is 1. The maximum atomic E-state index is 12.5. The van der Waals surface area contributed by atoms with E-state index >= 15 is 0 Å². The quantitative estimate of drug-likeness (QED) is 0.801. The van der Waals surface area contributed by atoms with E-state index in [0.29, 0.717) is 22.8 Å². The number of nitrogens with one attached hydrogen (secondary N) is 1. The van der Waals surface area contributed by atoms with E-state index < -0.39 is 9.84 Å². The van der Waals surface area contributed by atoms with Crippen LogP contribution in [0.1, 0.15) is 28.2 Å². The van der Waals surface area contributed by atoms with Gasteiger partial charge in [-0.1, -0.05) is 16.9 Å². The van der Waals surface area contributed by atoms with Crippen LogP contribution in [0.5, 0.6) is 0 Å². The Balaban J connectivity index is 1.68. The third-order valence-electron chi connectivity index (χ3n) is 3.62. The number of amides is 1. The lowest BCUT2D eigenvalue weighted by Gasteiger charge is -2.12. The lowest BCUT2D eigenvalue weighted by molar-refractivity contribution is 0.0937. The van der Waals surface area contributed by atoms with E-state index in [2.05, 4.69) is 15.5 Å². The van der Waals surface area contributed by atoms with Crippen LogP contribution in [0, 0.1) is 6.92 Å². The highest BCUT2D eigenvalue weighted by Gasteiger charge is 2.29. The molecule has 1 aliphatic heterocycles. The molecule has 0 spiro atoms. The first-order chi connectivity index (χ1) is 11.4. The van der Waals surface area contributed by atoms with Crippen molar-refractivity contribution in [2.75, 3.05) is 11.5 Å². The molecule has 2 aromatic rings. The summed E-state index contributed by atoms with van der Waals surface area (Å²) in [5, 5.41) is 7.28. The first-order valence-corrected chi connectivity index (χ1v) is 10.2. The zero-order valence-electron chi connectivity index (χ0n) is 13.1. The molecule has 1 fully saturated rings. The second-order valence-electron chi connectivity index (χ2n) is 5.65. The van der Waals surface area contributed by atoms with Crippen LogP contribution >= 0.6 is 11.8 Å². The Labute approximate surface area is 144 Å². The van der Waals surface area contributed by atoms with E-state index in [0.717, 1.165) is 11.5 Å². The lowest BCUT2D eigenvalue weighted by Crippen LogP contribution is -2.35. The van der Waals surface area contributed by atoms with Crippen LogP contribution in [0.25, 0.3) is 0 Å². The fourth-order valence-corrected chi connectivity index (χ4v) is 5.02. The highest BCUT2D eigenvalue weighted by atomic mass is 32.2. The minimum Gasteiger partial charge on any atom is -0.361 e. The third kappa shape index (κ3) is 4.15. The van der Waals surface area contributed by atoms with Crippen molar-refractivity contribution in [3.63, 3.8) is 0 Å². The summed E-state index contributed by atoms with van der Waals surface area (Å²) in [7, 11) is -3.03. The number of rotatable bonds is 5. The van der Waals surface area contributed by atoms with Gasteiger partial charge < -0.3 is 9.84 Å². The van der Waals surface area contributed by atoms with Crippen molar-refractivity contribution < 1.29 is 17.7 Å². The molecule has 1 saturated heterocycles. The first kappa shape index (κ1) is 17.0. The predicted molar refractivity (Wildman–Crippen MR) is 89.6 cm³/mol. The van der Waals surface area contributed by atoms with Gasteiger partial charge in [0.15, 0.2) is 9.84 Å². The summed E-state index contributed by atoms with van der Waals surface area (Å²) in [4.78, 5) is 16.7. The standard InChI is InChI=1S/C15H17N3O4S2/c1-10-7-12(18-22-10)8-23-15-13(3-2-5-16-15)14(19)17-11-4-6-24(20,21)9-11/h2-3,5,7,11H,4,6,8-9H2,1H3,(H,17,19)/t11-/m1/s1. The maximum absolute atomic E-state index is 12.5. The molecule has 1 N–H and O–H groups in total. The molecule has 2 aromatic heterocycles. The van der Waals surface area contributed by atoms with Gasteiger partial charge in [-0.2, -0.15) is 0 Å². The monoisotopic (exact) mass is 367 g/mol.